The molecule has 1 heterocycles. The van der Waals surface area contributed by atoms with Crippen molar-refractivity contribution < 1.29 is 19.1 Å². The number of carbonyl (C=O) groups is 2. The molecule has 1 aliphatic rings. The molecule has 3 rings (SSSR count). The average molecular weight is 481 g/mol. The summed E-state index contributed by atoms with van der Waals surface area (Å²) in [6, 6.07) is 14.8. The number of Topliss-reactive ketones (excluding diaryl/α,β-unsaturated/α-hetero) is 1. The molecule has 0 saturated carbocycles. The van der Waals surface area contributed by atoms with Crippen molar-refractivity contribution in [3.63, 3.8) is 0 Å². The van der Waals surface area contributed by atoms with Crippen LogP contribution in [0.2, 0.25) is 0 Å². The normalized spacial score (nSPS) is 15.6. The van der Waals surface area contributed by atoms with Crippen LogP contribution in [0.1, 0.15) is 33.8 Å². The highest BCUT2D eigenvalue weighted by Crippen LogP contribution is 2.43. The molecule has 7 heteroatoms. The molecule has 0 radical (unpaired) electrons. The molecule has 148 valence electrons. The third kappa shape index (κ3) is 6.03. The number of benzene rings is 2. The van der Waals surface area contributed by atoms with E-state index in [0.29, 0.717) is 15.9 Å². The van der Waals surface area contributed by atoms with Crippen molar-refractivity contribution in [2.45, 2.75) is 24.0 Å². The van der Waals surface area contributed by atoms with Crippen LogP contribution in [0.5, 0.6) is 5.75 Å². The lowest BCUT2D eigenvalue weighted by molar-refractivity contribution is -0.148. The molecule has 0 spiro atoms. The summed E-state index contributed by atoms with van der Waals surface area (Å²) in [5, 5.41) is 0. The maximum absolute atomic E-state index is 12.3. The third-order valence-electron chi connectivity index (χ3n) is 4.14. The van der Waals surface area contributed by atoms with E-state index >= 15 is 0 Å². The van der Waals surface area contributed by atoms with E-state index in [0.717, 1.165) is 4.47 Å². The van der Waals surface area contributed by atoms with Crippen LogP contribution in [0.3, 0.4) is 0 Å². The largest absolute Gasteiger partial charge is 0.482 e. The number of hydrogen-bond donors (Lipinski definition) is 0. The fourth-order valence-electron chi connectivity index (χ4n) is 2.68. The summed E-state index contributed by atoms with van der Waals surface area (Å²) in [4.78, 5) is 24.3. The molecular weight excluding hydrogens is 460 g/mol. The van der Waals surface area contributed by atoms with Gasteiger partial charge in [0.2, 0.25) is 5.78 Å². The summed E-state index contributed by atoms with van der Waals surface area (Å²) < 4.78 is 12.1. The molecular formula is C21H21BrO4S2. The molecule has 0 bridgehead atoms. The molecule has 1 aliphatic heterocycles. The Hall–Kier alpha value is -1.44. The van der Waals surface area contributed by atoms with Gasteiger partial charge in [-0.1, -0.05) is 40.2 Å². The van der Waals surface area contributed by atoms with E-state index < -0.39 is 12.1 Å². The lowest BCUT2D eigenvalue weighted by atomic mass is 10.1. The number of hydrogen-bond acceptors (Lipinski definition) is 6. The molecule has 1 saturated heterocycles. The van der Waals surface area contributed by atoms with Gasteiger partial charge in [0, 0.05) is 10.0 Å². The summed E-state index contributed by atoms with van der Waals surface area (Å²) in [5.74, 6) is 2.18. The topological polar surface area (TPSA) is 52.6 Å². The Kier molecular flexibility index (Phi) is 7.88. The fraction of sp³-hybridized carbons (Fsp3) is 0.333. The fourth-order valence-corrected chi connectivity index (χ4v) is 5.84. The van der Waals surface area contributed by atoms with Crippen LogP contribution in [0, 0.1) is 0 Å². The van der Waals surface area contributed by atoms with Gasteiger partial charge in [-0.15, -0.1) is 23.5 Å². The van der Waals surface area contributed by atoms with Gasteiger partial charge < -0.3 is 9.47 Å². The van der Waals surface area contributed by atoms with Crippen molar-refractivity contribution in [3.8, 4) is 5.75 Å². The highest BCUT2D eigenvalue weighted by Gasteiger charge is 2.20. The quantitative estimate of drug-likeness (QED) is 0.384. The zero-order chi connectivity index (χ0) is 19.9. The van der Waals surface area contributed by atoms with E-state index in [1.807, 2.05) is 47.8 Å². The van der Waals surface area contributed by atoms with Gasteiger partial charge in [0.15, 0.2) is 12.7 Å². The van der Waals surface area contributed by atoms with Crippen molar-refractivity contribution in [2.24, 2.45) is 0 Å². The predicted molar refractivity (Wildman–Crippen MR) is 118 cm³/mol. The Morgan fingerprint density at radius 2 is 1.71 bits per heavy atom. The van der Waals surface area contributed by atoms with Gasteiger partial charge in [-0.25, -0.2) is 4.79 Å². The summed E-state index contributed by atoms with van der Waals surface area (Å²) in [6.45, 7) is 1.33. The molecule has 4 nitrogen and oxygen atoms in total. The van der Waals surface area contributed by atoms with Gasteiger partial charge in [-0.05, 0) is 54.7 Å². The second kappa shape index (κ2) is 10.4. The first kappa shape index (κ1) is 21.3. The highest BCUT2D eigenvalue weighted by molar-refractivity contribution is 9.10. The Balaban J connectivity index is 1.47. The van der Waals surface area contributed by atoms with Crippen molar-refractivity contribution in [3.05, 3.63) is 64.1 Å². The Morgan fingerprint density at radius 3 is 2.36 bits per heavy atom. The number of ether oxygens (including phenoxy) is 2. The molecule has 0 aliphatic carbocycles. The van der Waals surface area contributed by atoms with Crippen LogP contribution in [-0.4, -0.2) is 36.0 Å². The zero-order valence-electron chi connectivity index (χ0n) is 15.4. The molecule has 0 N–H and O–H groups in total. The minimum absolute atomic E-state index is 0.232. The number of ketones is 1. The number of carbonyl (C=O) groups excluding carboxylic acids is 2. The maximum atomic E-state index is 12.3. The van der Waals surface area contributed by atoms with E-state index in [9.17, 15) is 9.59 Å². The van der Waals surface area contributed by atoms with Gasteiger partial charge in [-0.2, -0.15) is 0 Å². The average Bonchev–Trinajstić information content (AvgIpc) is 2.73. The van der Waals surface area contributed by atoms with Gasteiger partial charge in [0.05, 0.1) is 4.58 Å². The smallest absolute Gasteiger partial charge is 0.344 e. The standard InChI is InChI=1S/C21H21BrO4S2/c1-14(20(24)15-3-7-17(22)8-4-15)26-19(23)13-25-18-9-5-16(6-10-18)21-27-11-2-12-28-21/h3-10,14,21H,2,11-13H2,1H3. The Labute approximate surface area is 181 Å². The molecule has 2 aromatic carbocycles. The van der Waals surface area contributed by atoms with E-state index in [4.69, 9.17) is 9.47 Å². The Bertz CT molecular complexity index is 802. The summed E-state index contributed by atoms with van der Waals surface area (Å²) in [5.41, 5.74) is 1.76. The van der Waals surface area contributed by atoms with Gasteiger partial charge in [0.25, 0.3) is 0 Å². The van der Waals surface area contributed by atoms with Crippen LogP contribution >= 0.6 is 39.5 Å². The molecule has 1 unspecified atom stereocenters. The third-order valence-corrected chi connectivity index (χ3v) is 7.69. The lowest BCUT2D eigenvalue weighted by Crippen LogP contribution is -2.27. The minimum Gasteiger partial charge on any atom is -0.482 e. The minimum atomic E-state index is -0.861. The van der Waals surface area contributed by atoms with Crippen LogP contribution in [0.15, 0.2) is 53.0 Å². The summed E-state index contributed by atoms with van der Waals surface area (Å²) in [7, 11) is 0. The van der Waals surface area contributed by atoms with Gasteiger partial charge in [-0.3, -0.25) is 4.79 Å². The van der Waals surface area contributed by atoms with Crippen molar-refractivity contribution in [1.29, 1.82) is 0 Å². The highest BCUT2D eigenvalue weighted by atomic mass is 79.9. The van der Waals surface area contributed by atoms with E-state index in [1.165, 1.54) is 23.5 Å². The van der Waals surface area contributed by atoms with Crippen LogP contribution in [0.4, 0.5) is 0 Å². The second-order valence-corrected chi connectivity index (χ2v) is 9.93. The van der Waals surface area contributed by atoms with E-state index in [1.54, 1.807) is 31.2 Å². The lowest BCUT2D eigenvalue weighted by Gasteiger charge is -2.21. The number of rotatable bonds is 7. The molecule has 2 aromatic rings. The first-order valence-electron chi connectivity index (χ1n) is 8.98. The number of halogens is 1. The molecule has 0 amide bonds. The number of esters is 1. The van der Waals surface area contributed by atoms with Crippen molar-refractivity contribution >= 4 is 51.2 Å². The van der Waals surface area contributed by atoms with Gasteiger partial charge >= 0.3 is 5.97 Å². The zero-order valence-corrected chi connectivity index (χ0v) is 18.6. The summed E-state index contributed by atoms with van der Waals surface area (Å²) in [6.07, 6.45) is 0.401. The van der Waals surface area contributed by atoms with Crippen LogP contribution in [0.25, 0.3) is 0 Å². The van der Waals surface area contributed by atoms with Crippen molar-refractivity contribution in [2.75, 3.05) is 18.1 Å². The van der Waals surface area contributed by atoms with Crippen LogP contribution in [-0.2, 0) is 9.53 Å². The first-order chi connectivity index (χ1) is 13.5. The monoisotopic (exact) mass is 480 g/mol. The number of thioether (sulfide) groups is 2. The molecule has 0 aromatic heterocycles. The molecule has 28 heavy (non-hydrogen) atoms. The molecule has 1 atom stereocenters. The van der Waals surface area contributed by atoms with E-state index in [2.05, 4.69) is 15.9 Å². The van der Waals surface area contributed by atoms with E-state index in [-0.39, 0.29) is 12.4 Å². The second-order valence-electron chi connectivity index (χ2n) is 6.29. The van der Waals surface area contributed by atoms with Gasteiger partial charge in [0.1, 0.15) is 5.75 Å². The van der Waals surface area contributed by atoms with Crippen molar-refractivity contribution in [1.82, 2.24) is 0 Å². The predicted octanol–water partition coefficient (Wildman–Crippen LogP) is 5.51. The maximum Gasteiger partial charge on any atom is 0.344 e. The SMILES string of the molecule is CC(OC(=O)COc1ccc(C2SCCCS2)cc1)C(=O)c1ccc(Br)cc1. The van der Waals surface area contributed by atoms with Crippen LogP contribution < -0.4 is 4.74 Å². The summed E-state index contributed by atoms with van der Waals surface area (Å²) >= 11 is 7.25. The Morgan fingerprint density at radius 1 is 1.07 bits per heavy atom. The first-order valence-corrected chi connectivity index (χ1v) is 11.9. The molecule has 1 fully saturated rings.